The second kappa shape index (κ2) is 9.39. The monoisotopic (exact) mass is 348 g/mol. The Hall–Kier alpha value is -2.11. The van der Waals surface area contributed by atoms with Gasteiger partial charge in [0.2, 0.25) is 5.91 Å². The number of hydrogen-bond acceptors (Lipinski definition) is 2. The van der Waals surface area contributed by atoms with E-state index in [1.807, 2.05) is 16.8 Å². The first kappa shape index (κ1) is 19.2. The van der Waals surface area contributed by atoms with Gasteiger partial charge in [0.25, 0.3) is 0 Å². The molecule has 2 rings (SSSR count). The summed E-state index contributed by atoms with van der Waals surface area (Å²) in [4.78, 5) is 20.3. The van der Waals surface area contributed by atoms with E-state index >= 15 is 0 Å². The number of aliphatic imine (C=N–C) groups is 1. The predicted octanol–water partition coefficient (Wildman–Crippen LogP) is 2.62. The highest BCUT2D eigenvalue weighted by atomic mass is 19.1. The molecule has 1 aromatic rings. The number of likely N-dealkylation sites (tertiary alicyclic amines) is 1. The van der Waals surface area contributed by atoms with E-state index < -0.39 is 0 Å². The van der Waals surface area contributed by atoms with Crippen molar-refractivity contribution < 1.29 is 9.18 Å². The number of amides is 1. The fourth-order valence-corrected chi connectivity index (χ4v) is 3.31. The van der Waals surface area contributed by atoms with Crippen molar-refractivity contribution in [3.05, 3.63) is 35.6 Å². The lowest BCUT2D eigenvalue weighted by Crippen LogP contribution is -2.42. The second-order valence-corrected chi connectivity index (χ2v) is 6.50. The maximum Gasteiger partial charge on any atom is 0.222 e. The Balaban J connectivity index is 1.82. The van der Waals surface area contributed by atoms with Gasteiger partial charge >= 0.3 is 0 Å². The minimum atomic E-state index is -0.226. The van der Waals surface area contributed by atoms with Crippen molar-refractivity contribution >= 4 is 11.9 Å². The maximum atomic E-state index is 13.0. The number of hydrogen-bond donors (Lipinski definition) is 1. The fourth-order valence-electron chi connectivity index (χ4n) is 3.31. The van der Waals surface area contributed by atoms with E-state index in [-0.39, 0.29) is 11.7 Å². The van der Waals surface area contributed by atoms with E-state index in [4.69, 9.17) is 0 Å². The number of benzene rings is 1. The van der Waals surface area contributed by atoms with Gasteiger partial charge in [-0.3, -0.25) is 9.79 Å². The van der Waals surface area contributed by atoms with Crippen LogP contribution in [0.1, 0.15) is 38.2 Å². The van der Waals surface area contributed by atoms with Crippen LogP contribution in [0.15, 0.2) is 29.3 Å². The average Bonchev–Trinajstić information content (AvgIpc) is 3.03. The third-order valence-electron chi connectivity index (χ3n) is 4.69. The van der Waals surface area contributed by atoms with E-state index in [2.05, 4.69) is 17.2 Å². The van der Waals surface area contributed by atoms with Gasteiger partial charge in [0.1, 0.15) is 5.82 Å². The van der Waals surface area contributed by atoms with Crippen molar-refractivity contribution in [3.8, 4) is 0 Å². The van der Waals surface area contributed by atoms with Gasteiger partial charge in [0.15, 0.2) is 5.96 Å². The van der Waals surface area contributed by atoms with Crippen LogP contribution in [0.4, 0.5) is 4.39 Å². The smallest absolute Gasteiger partial charge is 0.222 e. The molecule has 0 spiro atoms. The number of nitrogens with zero attached hydrogens (tertiary/aromatic N) is 3. The van der Waals surface area contributed by atoms with Gasteiger partial charge in [-0.2, -0.15) is 0 Å². The molecule has 0 saturated carbocycles. The molecule has 0 aliphatic carbocycles. The van der Waals surface area contributed by atoms with Gasteiger partial charge < -0.3 is 15.1 Å². The van der Waals surface area contributed by atoms with E-state index in [1.54, 1.807) is 19.2 Å². The second-order valence-electron chi connectivity index (χ2n) is 6.50. The lowest BCUT2D eigenvalue weighted by molar-refractivity contribution is -0.129. The maximum absolute atomic E-state index is 13.0. The van der Waals surface area contributed by atoms with Gasteiger partial charge in [-0.1, -0.05) is 19.1 Å². The van der Waals surface area contributed by atoms with Crippen molar-refractivity contribution in [2.24, 2.45) is 4.99 Å². The molecular weight excluding hydrogens is 319 g/mol. The van der Waals surface area contributed by atoms with Crippen LogP contribution in [-0.2, 0) is 11.3 Å². The minimum absolute atomic E-state index is 0.226. The Kier molecular flexibility index (Phi) is 7.22. The van der Waals surface area contributed by atoms with E-state index in [1.165, 1.54) is 12.1 Å². The molecule has 1 atom stereocenters. The highest BCUT2D eigenvalue weighted by Crippen LogP contribution is 2.17. The van der Waals surface area contributed by atoms with Crippen LogP contribution in [0, 0.1) is 5.82 Å². The van der Waals surface area contributed by atoms with Gasteiger partial charge in [0, 0.05) is 46.2 Å². The minimum Gasteiger partial charge on any atom is -0.356 e. The van der Waals surface area contributed by atoms with Crippen LogP contribution in [-0.4, -0.2) is 54.9 Å². The molecule has 1 unspecified atom stereocenters. The lowest BCUT2D eigenvalue weighted by atomic mass is 10.1. The van der Waals surface area contributed by atoms with Crippen LogP contribution >= 0.6 is 0 Å². The molecule has 0 aromatic heterocycles. The summed E-state index contributed by atoms with van der Waals surface area (Å²) in [5, 5.41) is 3.37. The molecule has 1 fully saturated rings. The molecule has 25 heavy (non-hydrogen) atoms. The van der Waals surface area contributed by atoms with Crippen molar-refractivity contribution in [1.82, 2.24) is 15.1 Å². The molecule has 1 aromatic carbocycles. The molecule has 1 heterocycles. The number of rotatable bonds is 7. The van der Waals surface area contributed by atoms with Gasteiger partial charge in [-0.15, -0.1) is 0 Å². The molecule has 138 valence electrons. The SMILES string of the molecule is CCC(CCNC(=NC)N(C)Cc1ccc(F)cc1)N1CCCC1=O. The number of halogens is 1. The van der Waals surface area contributed by atoms with Crippen molar-refractivity contribution in [3.63, 3.8) is 0 Å². The average molecular weight is 348 g/mol. The predicted molar refractivity (Wildman–Crippen MR) is 98.9 cm³/mol. The Morgan fingerprint density at radius 3 is 2.68 bits per heavy atom. The quantitative estimate of drug-likeness (QED) is 0.609. The summed E-state index contributed by atoms with van der Waals surface area (Å²) in [6.07, 6.45) is 3.54. The first-order valence-electron chi connectivity index (χ1n) is 9.00. The molecule has 1 aliphatic rings. The summed E-state index contributed by atoms with van der Waals surface area (Å²) in [5.74, 6) is 0.854. The topological polar surface area (TPSA) is 47.9 Å². The molecule has 0 radical (unpaired) electrons. The summed E-state index contributed by atoms with van der Waals surface area (Å²) in [6.45, 7) is 4.44. The van der Waals surface area contributed by atoms with E-state index in [0.717, 1.165) is 43.9 Å². The van der Waals surface area contributed by atoms with Gasteiger partial charge in [-0.25, -0.2) is 4.39 Å². The van der Waals surface area contributed by atoms with Crippen LogP contribution in [0.5, 0.6) is 0 Å². The molecule has 1 N–H and O–H groups in total. The Morgan fingerprint density at radius 2 is 2.12 bits per heavy atom. The van der Waals surface area contributed by atoms with E-state index in [9.17, 15) is 9.18 Å². The third kappa shape index (κ3) is 5.44. The highest BCUT2D eigenvalue weighted by molar-refractivity contribution is 5.79. The van der Waals surface area contributed by atoms with Crippen LogP contribution < -0.4 is 5.32 Å². The number of guanidine groups is 1. The Bertz CT molecular complexity index is 588. The first-order valence-corrected chi connectivity index (χ1v) is 9.00. The third-order valence-corrected chi connectivity index (χ3v) is 4.69. The van der Waals surface area contributed by atoms with Crippen molar-refractivity contribution in [1.29, 1.82) is 0 Å². The van der Waals surface area contributed by atoms with Crippen molar-refractivity contribution in [2.45, 2.75) is 45.2 Å². The Labute approximate surface area is 149 Å². The zero-order chi connectivity index (χ0) is 18.2. The normalized spacial score (nSPS) is 16.2. The van der Waals surface area contributed by atoms with Gasteiger partial charge in [-0.05, 0) is 37.0 Å². The molecule has 0 bridgehead atoms. The summed E-state index contributed by atoms with van der Waals surface area (Å²) in [5.41, 5.74) is 1.03. The standard InChI is InChI=1S/C19H29FN4O/c1-4-17(24-13-5-6-18(24)25)11-12-22-19(21-2)23(3)14-15-7-9-16(20)10-8-15/h7-10,17H,4-6,11-14H2,1-3H3,(H,21,22). The molecule has 6 heteroatoms. The molecule has 1 saturated heterocycles. The fraction of sp³-hybridized carbons (Fsp3) is 0.579. The van der Waals surface area contributed by atoms with Gasteiger partial charge in [0.05, 0.1) is 0 Å². The largest absolute Gasteiger partial charge is 0.356 e. The summed E-state index contributed by atoms with van der Waals surface area (Å²) in [7, 11) is 3.71. The molecule has 1 amide bonds. The van der Waals surface area contributed by atoms with Crippen molar-refractivity contribution in [2.75, 3.05) is 27.2 Å². The van der Waals surface area contributed by atoms with E-state index in [0.29, 0.717) is 19.0 Å². The molecule has 1 aliphatic heterocycles. The summed E-state index contributed by atoms with van der Waals surface area (Å²) >= 11 is 0. The lowest BCUT2D eigenvalue weighted by Gasteiger charge is -2.28. The molecule has 5 nitrogen and oxygen atoms in total. The number of carbonyl (C=O) groups excluding carboxylic acids is 1. The summed E-state index contributed by atoms with van der Waals surface area (Å²) in [6, 6.07) is 6.80. The van der Waals surface area contributed by atoms with Crippen LogP contribution in [0.2, 0.25) is 0 Å². The highest BCUT2D eigenvalue weighted by Gasteiger charge is 2.26. The Morgan fingerprint density at radius 1 is 1.40 bits per heavy atom. The number of nitrogens with one attached hydrogen (secondary N) is 1. The zero-order valence-corrected chi connectivity index (χ0v) is 15.5. The molecular formula is C19H29FN4O. The first-order chi connectivity index (χ1) is 12.0. The van der Waals surface area contributed by atoms with Crippen LogP contribution in [0.3, 0.4) is 0 Å². The summed E-state index contributed by atoms with van der Waals surface area (Å²) < 4.78 is 13.0. The zero-order valence-electron chi connectivity index (χ0n) is 15.5. The van der Waals surface area contributed by atoms with Crippen LogP contribution in [0.25, 0.3) is 0 Å². The number of carbonyl (C=O) groups is 1.